The largest absolute Gasteiger partial charge is 0.467 e. The Morgan fingerprint density at radius 2 is 1.89 bits per heavy atom. The van der Waals surface area contributed by atoms with Gasteiger partial charge in [0.1, 0.15) is 6.04 Å². The molecule has 1 atom stereocenters. The van der Waals surface area contributed by atoms with E-state index >= 15 is 0 Å². The topological polar surface area (TPSA) is 38.3 Å². The summed E-state index contributed by atoms with van der Waals surface area (Å²) >= 11 is 0. The molecule has 1 fully saturated rings. The van der Waals surface area contributed by atoms with Crippen LogP contribution >= 0.6 is 0 Å². The summed E-state index contributed by atoms with van der Waals surface area (Å²) in [5.41, 5.74) is 2.21. The Labute approximate surface area is 109 Å². The second-order valence-electron chi connectivity index (χ2n) is 5.06. The summed E-state index contributed by atoms with van der Waals surface area (Å²) < 4.78 is 4.92. The molecule has 1 unspecified atom stereocenters. The van der Waals surface area contributed by atoms with E-state index in [4.69, 9.17) is 4.74 Å². The molecule has 0 spiro atoms. The van der Waals surface area contributed by atoms with Crippen molar-refractivity contribution in [3.05, 3.63) is 29.8 Å². The number of nitrogens with one attached hydrogen (secondary N) is 1. The van der Waals surface area contributed by atoms with Crippen molar-refractivity contribution in [1.29, 1.82) is 0 Å². The Morgan fingerprint density at radius 3 is 2.44 bits per heavy atom. The maximum absolute atomic E-state index is 11.9. The van der Waals surface area contributed by atoms with Gasteiger partial charge in [-0.1, -0.05) is 30.5 Å². The molecule has 1 aromatic carbocycles. The van der Waals surface area contributed by atoms with Crippen molar-refractivity contribution in [3.8, 4) is 0 Å². The molecule has 1 N–H and O–H groups in total. The van der Waals surface area contributed by atoms with Crippen LogP contribution in [0.15, 0.2) is 24.3 Å². The predicted molar refractivity (Wildman–Crippen MR) is 72.6 cm³/mol. The number of aryl methyl sites for hydroxylation is 1. The molecule has 1 saturated carbocycles. The smallest absolute Gasteiger partial charge is 0.328 e. The molecule has 1 aliphatic rings. The molecule has 0 bridgehead atoms. The molecule has 3 heteroatoms. The lowest BCUT2D eigenvalue weighted by Crippen LogP contribution is -2.36. The van der Waals surface area contributed by atoms with Crippen molar-refractivity contribution < 1.29 is 9.53 Å². The van der Waals surface area contributed by atoms with E-state index in [0.717, 1.165) is 18.5 Å². The van der Waals surface area contributed by atoms with Gasteiger partial charge in [0.2, 0.25) is 0 Å². The molecular weight excluding hydrogens is 226 g/mol. The first-order valence-corrected chi connectivity index (χ1v) is 6.62. The van der Waals surface area contributed by atoms with Gasteiger partial charge in [-0.3, -0.25) is 0 Å². The average molecular weight is 247 g/mol. The highest BCUT2D eigenvalue weighted by Crippen LogP contribution is 2.30. The zero-order valence-corrected chi connectivity index (χ0v) is 11.1. The normalized spacial score (nSPS) is 17.4. The average Bonchev–Trinajstić information content (AvgIpc) is 2.91. The number of esters is 1. The number of ether oxygens (including phenoxy) is 1. The van der Waals surface area contributed by atoms with Crippen LogP contribution in [0.2, 0.25) is 0 Å². The highest BCUT2D eigenvalue weighted by Gasteiger charge is 2.31. The third-order valence-electron chi connectivity index (χ3n) is 3.70. The van der Waals surface area contributed by atoms with E-state index < -0.39 is 0 Å². The minimum atomic E-state index is -0.208. The van der Waals surface area contributed by atoms with Crippen molar-refractivity contribution >= 4 is 11.7 Å². The number of anilines is 1. The minimum absolute atomic E-state index is 0.150. The molecule has 0 saturated heterocycles. The van der Waals surface area contributed by atoms with Gasteiger partial charge in [-0.25, -0.2) is 4.79 Å². The van der Waals surface area contributed by atoms with Crippen LogP contribution in [0, 0.1) is 12.8 Å². The zero-order chi connectivity index (χ0) is 13.0. The van der Waals surface area contributed by atoms with Gasteiger partial charge >= 0.3 is 5.97 Å². The molecule has 98 valence electrons. The van der Waals surface area contributed by atoms with E-state index in [9.17, 15) is 4.79 Å². The van der Waals surface area contributed by atoms with Crippen molar-refractivity contribution in [2.45, 2.75) is 38.6 Å². The molecule has 18 heavy (non-hydrogen) atoms. The van der Waals surface area contributed by atoms with Gasteiger partial charge in [-0.2, -0.15) is 0 Å². The molecule has 2 rings (SSSR count). The van der Waals surface area contributed by atoms with Crippen LogP contribution in [0.25, 0.3) is 0 Å². The van der Waals surface area contributed by atoms with Gasteiger partial charge in [-0.15, -0.1) is 0 Å². The maximum Gasteiger partial charge on any atom is 0.328 e. The van der Waals surface area contributed by atoms with Crippen LogP contribution in [-0.4, -0.2) is 19.1 Å². The fraction of sp³-hybridized carbons (Fsp3) is 0.533. The van der Waals surface area contributed by atoms with Gasteiger partial charge in [0.25, 0.3) is 0 Å². The molecular formula is C15H21NO2. The van der Waals surface area contributed by atoms with Crippen molar-refractivity contribution in [2.24, 2.45) is 5.92 Å². The van der Waals surface area contributed by atoms with E-state index in [1.54, 1.807) is 0 Å². The van der Waals surface area contributed by atoms with Gasteiger partial charge < -0.3 is 10.1 Å². The molecule has 1 aliphatic carbocycles. The van der Waals surface area contributed by atoms with Crippen LogP contribution in [-0.2, 0) is 9.53 Å². The number of methoxy groups -OCH3 is 1. The van der Waals surface area contributed by atoms with Crippen LogP contribution < -0.4 is 5.32 Å². The monoisotopic (exact) mass is 247 g/mol. The highest BCUT2D eigenvalue weighted by molar-refractivity contribution is 5.79. The third-order valence-corrected chi connectivity index (χ3v) is 3.70. The first kappa shape index (κ1) is 12.9. The lowest BCUT2D eigenvalue weighted by molar-refractivity contribution is -0.142. The van der Waals surface area contributed by atoms with Crippen molar-refractivity contribution in [3.63, 3.8) is 0 Å². The first-order valence-electron chi connectivity index (χ1n) is 6.62. The first-order chi connectivity index (χ1) is 8.70. The third kappa shape index (κ3) is 3.03. The zero-order valence-electron chi connectivity index (χ0n) is 11.1. The fourth-order valence-electron chi connectivity index (χ4n) is 2.62. The second-order valence-corrected chi connectivity index (χ2v) is 5.06. The number of rotatable bonds is 4. The molecule has 0 aliphatic heterocycles. The van der Waals surface area contributed by atoms with E-state index in [2.05, 4.69) is 12.2 Å². The van der Waals surface area contributed by atoms with Crippen LogP contribution in [0.5, 0.6) is 0 Å². The Balaban J connectivity index is 2.09. The number of hydrogen-bond acceptors (Lipinski definition) is 3. The van der Waals surface area contributed by atoms with Crippen molar-refractivity contribution in [2.75, 3.05) is 12.4 Å². The van der Waals surface area contributed by atoms with Crippen molar-refractivity contribution in [1.82, 2.24) is 0 Å². The Kier molecular flexibility index (Phi) is 4.24. The molecule has 0 radical (unpaired) electrons. The van der Waals surface area contributed by atoms with Crippen LogP contribution in [0.4, 0.5) is 5.69 Å². The standard InChI is InChI=1S/C15H21NO2/c1-11-7-9-13(10-8-11)16-14(15(17)18-2)12-5-3-4-6-12/h7-10,12,14,16H,3-6H2,1-2H3. The molecule has 1 aromatic rings. The van der Waals surface area contributed by atoms with E-state index in [1.165, 1.54) is 25.5 Å². The van der Waals surface area contributed by atoms with Gasteiger partial charge in [0.15, 0.2) is 0 Å². The Hall–Kier alpha value is -1.51. The summed E-state index contributed by atoms with van der Waals surface area (Å²) in [5.74, 6) is 0.251. The molecule has 3 nitrogen and oxygen atoms in total. The lowest BCUT2D eigenvalue weighted by atomic mass is 9.98. The van der Waals surface area contributed by atoms with Gasteiger partial charge in [-0.05, 0) is 37.8 Å². The van der Waals surface area contributed by atoms with E-state index in [-0.39, 0.29) is 12.0 Å². The number of carbonyl (C=O) groups is 1. The fourth-order valence-corrected chi connectivity index (χ4v) is 2.62. The second kappa shape index (κ2) is 5.89. The predicted octanol–water partition coefficient (Wildman–Crippen LogP) is 3.14. The van der Waals surface area contributed by atoms with Crippen LogP contribution in [0.1, 0.15) is 31.2 Å². The summed E-state index contributed by atoms with van der Waals surface area (Å²) in [4.78, 5) is 11.9. The van der Waals surface area contributed by atoms with Gasteiger partial charge in [0.05, 0.1) is 7.11 Å². The number of hydrogen-bond donors (Lipinski definition) is 1. The molecule has 0 aromatic heterocycles. The maximum atomic E-state index is 11.9. The Morgan fingerprint density at radius 1 is 1.28 bits per heavy atom. The lowest BCUT2D eigenvalue weighted by Gasteiger charge is -2.23. The summed E-state index contributed by atoms with van der Waals surface area (Å²) in [6.45, 7) is 2.05. The Bertz CT molecular complexity index is 393. The molecule has 0 heterocycles. The summed E-state index contributed by atoms with van der Waals surface area (Å²) in [6.07, 6.45) is 4.65. The van der Waals surface area contributed by atoms with E-state index in [0.29, 0.717) is 5.92 Å². The molecule has 0 amide bonds. The quantitative estimate of drug-likeness (QED) is 0.831. The number of benzene rings is 1. The van der Waals surface area contributed by atoms with Gasteiger partial charge in [0, 0.05) is 5.69 Å². The summed E-state index contributed by atoms with van der Waals surface area (Å²) in [6, 6.07) is 7.91. The highest BCUT2D eigenvalue weighted by atomic mass is 16.5. The SMILES string of the molecule is COC(=O)C(Nc1ccc(C)cc1)C1CCCC1. The summed E-state index contributed by atoms with van der Waals surface area (Å²) in [5, 5.41) is 3.32. The number of carbonyl (C=O) groups excluding carboxylic acids is 1. The van der Waals surface area contributed by atoms with Crippen LogP contribution in [0.3, 0.4) is 0 Å². The van der Waals surface area contributed by atoms with E-state index in [1.807, 2.05) is 24.3 Å². The minimum Gasteiger partial charge on any atom is -0.467 e. The summed E-state index contributed by atoms with van der Waals surface area (Å²) in [7, 11) is 1.46.